The van der Waals surface area contributed by atoms with E-state index < -0.39 is 5.97 Å². The van der Waals surface area contributed by atoms with Crippen LogP contribution >= 0.6 is 34.5 Å². The van der Waals surface area contributed by atoms with Gasteiger partial charge in [-0.2, -0.15) is 0 Å². The first-order chi connectivity index (χ1) is 13.4. The number of thiophene rings is 1. The fourth-order valence-corrected chi connectivity index (χ4v) is 5.73. The fourth-order valence-electron chi connectivity index (χ4n) is 4.29. The summed E-state index contributed by atoms with van der Waals surface area (Å²) in [4.78, 5) is 27.3. The third-order valence-electron chi connectivity index (χ3n) is 5.67. The lowest BCUT2D eigenvalue weighted by atomic mass is 9.76. The van der Waals surface area contributed by atoms with Crippen molar-refractivity contribution in [2.45, 2.75) is 37.6 Å². The van der Waals surface area contributed by atoms with Crippen LogP contribution in [0, 0.1) is 11.8 Å². The number of carboxylic acids is 1. The first kappa shape index (κ1) is 19.7. The molecule has 28 heavy (non-hydrogen) atoms. The van der Waals surface area contributed by atoms with Crippen LogP contribution in [0.5, 0.6) is 0 Å². The Bertz CT molecular complexity index is 895. The molecule has 1 amide bonds. The molecule has 4 nitrogen and oxygen atoms in total. The smallest absolute Gasteiger partial charge is 0.323 e. The average molecular weight is 438 g/mol. The largest absolute Gasteiger partial charge is 0.480 e. The number of aliphatic carboxylic acids is 1. The van der Waals surface area contributed by atoms with E-state index in [2.05, 4.69) is 0 Å². The van der Waals surface area contributed by atoms with Gasteiger partial charge in [-0.05, 0) is 48.6 Å². The van der Waals surface area contributed by atoms with Gasteiger partial charge in [-0.15, -0.1) is 11.3 Å². The molecule has 3 unspecified atom stereocenters. The summed E-state index contributed by atoms with van der Waals surface area (Å²) in [5, 5.41) is 10.1. The Hall–Kier alpha value is -1.56. The number of rotatable bonds is 6. The molecular formula is C21H21Cl2NO3S. The topological polar surface area (TPSA) is 57.6 Å². The van der Waals surface area contributed by atoms with Crippen molar-refractivity contribution in [2.24, 2.45) is 11.8 Å². The molecule has 2 heterocycles. The van der Waals surface area contributed by atoms with Gasteiger partial charge < -0.3 is 10.0 Å². The Morgan fingerprint density at radius 1 is 1.21 bits per heavy atom. The summed E-state index contributed by atoms with van der Waals surface area (Å²) >= 11 is 13.8. The molecule has 0 radical (unpaired) electrons. The third-order valence-corrected chi connectivity index (χ3v) is 7.21. The number of carbonyl (C=O) groups is 2. The molecule has 7 heteroatoms. The number of carbonyl (C=O) groups excluding carboxylic acids is 1. The Kier molecular flexibility index (Phi) is 5.68. The van der Waals surface area contributed by atoms with Crippen molar-refractivity contribution in [3.05, 3.63) is 56.2 Å². The zero-order valence-corrected chi connectivity index (χ0v) is 17.5. The second-order valence-corrected chi connectivity index (χ2v) is 9.90. The van der Waals surface area contributed by atoms with Crippen LogP contribution in [0.3, 0.4) is 0 Å². The van der Waals surface area contributed by atoms with Gasteiger partial charge in [0.15, 0.2) is 0 Å². The third kappa shape index (κ3) is 4.22. The monoisotopic (exact) mass is 437 g/mol. The van der Waals surface area contributed by atoms with Crippen molar-refractivity contribution in [2.75, 3.05) is 6.54 Å². The molecule has 4 rings (SSSR count). The van der Waals surface area contributed by atoms with E-state index in [0.29, 0.717) is 21.7 Å². The highest BCUT2D eigenvalue weighted by atomic mass is 35.5. The highest BCUT2D eigenvalue weighted by molar-refractivity contribution is 7.16. The number of carboxylic acid groups (broad SMARTS) is 1. The van der Waals surface area contributed by atoms with Gasteiger partial charge in [0.25, 0.3) is 0 Å². The van der Waals surface area contributed by atoms with Gasteiger partial charge in [-0.1, -0.05) is 48.2 Å². The predicted molar refractivity (Wildman–Crippen MR) is 111 cm³/mol. The fraction of sp³-hybridized carbons (Fsp3) is 0.429. The Morgan fingerprint density at radius 2 is 2.00 bits per heavy atom. The van der Waals surface area contributed by atoms with Crippen molar-refractivity contribution in [1.29, 1.82) is 0 Å². The maximum Gasteiger partial charge on any atom is 0.323 e. The predicted octanol–water partition coefficient (Wildman–Crippen LogP) is 5.61. The Morgan fingerprint density at radius 3 is 2.61 bits per heavy atom. The van der Waals surface area contributed by atoms with Crippen molar-refractivity contribution in [3.63, 3.8) is 0 Å². The summed E-state index contributed by atoms with van der Waals surface area (Å²) in [6.07, 6.45) is 3.86. The quantitative estimate of drug-likeness (QED) is 0.638. The van der Waals surface area contributed by atoms with E-state index in [1.54, 1.807) is 11.0 Å². The minimum atomic E-state index is -1.00. The molecule has 1 saturated carbocycles. The van der Waals surface area contributed by atoms with Gasteiger partial charge >= 0.3 is 5.97 Å². The van der Waals surface area contributed by atoms with E-state index in [9.17, 15) is 14.7 Å². The first-order valence-electron chi connectivity index (χ1n) is 9.45. The van der Waals surface area contributed by atoms with Crippen LogP contribution in [0.25, 0.3) is 0 Å². The van der Waals surface area contributed by atoms with Crippen LogP contribution in [-0.4, -0.2) is 28.4 Å². The summed E-state index contributed by atoms with van der Waals surface area (Å²) in [5.41, 5.74) is 1.03. The first-order valence-corrected chi connectivity index (χ1v) is 11.0. The van der Waals surface area contributed by atoms with Gasteiger partial charge in [0, 0.05) is 21.7 Å². The molecule has 148 valence electrons. The highest BCUT2D eigenvalue weighted by Crippen LogP contribution is 2.50. The van der Waals surface area contributed by atoms with Crippen molar-refractivity contribution < 1.29 is 14.7 Å². The van der Waals surface area contributed by atoms with Gasteiger partial charge in [-0.25, -0.2) is 0 Å². The van der Waals surface area contributed by atoms with E-state index in [-0.39, 0.29) is 30.3 Å². The van der Waals surface area contributed by atoms with Gasteiger partial charge in [-0.3, -0.25) is 9.59 Å². The highest BCUT2D eigenvalue weighted by Gasteiger charge is 2.45. The van der Waals surface area contributed by atoms with E-state index >= 15 is 0 Å². The lowest BCUT2D eigenvalue weighted by Crippen LogP contribution is -2.48. The summed E-state index contributed by atoms with van der Waals surface area (Å²) in [7, 11) is 0. The van der Waals surface area contributed by atoms with Gasteiger partial charge in [0.05, 0.1) is 10.4 Å². The molecule has 1 aliphatic heterocycles. The molecule has 3 atom stereocenters. The van der Waals surface area contributed by atoms with Crippen molar-refractivity contribution in [1.82, 2.24) is 4.90 Å². The molecule has 2 fully saturated rings. The lowest BCUT2D eigenvalue weighted by molar-refractivity contribution is -0.152. The minimum Gasteiger partial charge on any atom is -0.480 e. The molecule has 1 aliphatic carbocycles. The number of hydrogen-bond donors (Lipinski definition) is 1. The zero-order valence-electron chi connectivity index (χ0n) is 15.2. The molecule has 0 spiro atoms. The Balaban J connectivity index is 1.77. The van der Waals surface area contributed by atoms with Crippen LogP contribution in [0.4, 0.5) is 0 Å². The van der Waals surface area contributed by atoms with Crippen molar-refractivity contribution in [3.8, 4) is 0 Å². The second-order valence-electron chi connectivity index (χ2n) is 7.72. The molecule has 1 aromatic carbocycles. The minimum absolute atomic E-state index is 0.0192. The summed E-state index contributed by atoms with van der Waals surface area (Å²) in [5.74, 6) is -0.634. The average Bonchev–Trinajstić information content (AvgIpc) is 3.36. The van der Waals surface area contributed by atoms with Crippen LogP contribution in [0.15, 0.2) is 36.4 Å². The van der Waals surface area contributed by atoms with Crippen molar-refractivity contribution >= 4 is 46.4 Å². The van der Waals surface area contributed by atoms with Crippen LogP contribution < -0.4 is 0 Å². The molecule has 1 saturated heterocycles. The number of likely N-dealkylation sites (tertiary alicyclic amines) is 1. The van der Waals surface area contributed by atoms with Crippen LogP contribution in [-0.2, 0) is 9.59 Å². The van der Waals surface area contributed by atoms with Gasteiger partial charge in [0.1, 0.15) is 6.54 Å². The number of benzene rings is 1. The number of amides is 1. The van der Waals surface area contributed by atoms with Crippen LogP contribution in [0.2, 0.25) is 9.36 Å². The van der Waals surface area contributed by atoms with E-state index in [0.717, 1.165) is 29.7 Å². The molecule has 1 aromatic heterocycles. The molecular weight excluding hydrogens is 417 g/mol. The summed E-state index contributed by atoms with van der Waals surface area (Å²) in [6, 6.07) is 11.0. The SMILES string of the molecule is O=C(O)CN1C(=O)C(CC2CC2)CC(c2cccc(Cl)c2)C1c1ccc(Cl)s1. The van der Waals surface area contributed by atoms with Crippen LogP contribution in [0.1, 0.15) is 48.1 Å². The van der Waals surface area contributed by atoms with E-state index in [1.807, 2.05) is 30.3 Å². The number of piperidine rings is 1. The maximum atomic E-state index is 13.3. The van der Waals surface area contributed by atoms with Gasteiger partial charge in [0.2, 0.25) is 5.91 Å². The van der Waals surface area contributed by atoms with E-state index in [1.165, 1.54) is 11.3 Å². The van der Waals surface area contributed by atoms with E-state index in [4.69, 9.17) is 23.2 Å². The maximum absolute atomic E-state index is 13.3. The molecule has 2 aliphatic rings. The zero-order chi connectivity index (χ0) is 19.8. The lowest BCUT2D eigenvalue weighted by Gasteiger charge is -2.44. The standard InChI is InChI=1S/C21H21Cl2NO3S/c22-15-3-1-2-13(9-15)16-10-14(8-12-4-5-12)21(27)24(11-19(25)26)20(16)17-6-7-18(23)28-17/h1-3,6-7,9,12,14,16,20H,4-5,8,10-11H2,(H,25,26). The second kappa shape index (κ2) is 8.05. The Labute approximate surface area is 178 Å². The molecule has 2 aromatic rings. The summed E-state index contributed by atoms with van der Waals surface area (Å²) < 4.78 is 0.627. The molecule has 0 bridgehead atoms. The number of nitrogens with zero attached hydrogens (tertiary/aromatic N) is 1. The molecule has 1 N–H and O–H groups in total. The summed E-state index contributed by atoms with van der Waals surface area (Å²) in [6.45, 7) is -0.308. The normalized spacial score (nSPS) is 25.1. The number of halogens is 2. The number of hydrogen-bond acceptors (Lipinski definition) is 3.